The Hall–Kier alpha value is -2.47. The van der Waals surface area contributed by atoms with Gasteiger partial charge < -0.3 is 14.5 Å². The Bertz CT molecular complexity index is 1070. The first-order valence-electron chi connectivity index (χ1n) is 15.3. The van der Waals surface area contributed by atoms with Crippen molar-refractivity contribution in [2.75, 3.05) is 17.4 Å². The number of thioether (sulfide) groups is 1. The number of amides is 1. The van der Waals surface area contributed by atoms with Gasteiger partial charge in [-0.2, -0.15) is 0 Å². The largest absolute Gasteiger partial charge is 0.491 e. The molecule has 1 amide bonds. The van der Waals surface area contributed by atoms with E-state index in [9.17, 15) is 9.18 Å². The second-order valence-corrected chi connectivity index (χ2v) is 12.2. The van der Waals surface area contributed by atoms with E-state index in [1.165, 1.54) is 75.2 Å². The van der Waals surface area contributed by atoms with Crippen LogP contribution in [0.25, 0.3) is 0 Å². The van der Waals surface area contributed by atoms with E-state index >= 15 is 0 Å². The van der Waals surface area contributed by atoms with E-state index in [1.807, 2.05) is 30.0 Å². The fourth-order valence-electron chi connectivity index (χ4n) is 5.12. The number of nitrogens with zero attached hydrogens (tertiary/aromatic N) is 2. The molecule has 6 heteroatoms. The number of halogens is 1. The number of hydrogen-bond donors (Lipinski definition) is 0. The zero-order valence-corrected chi connectivity index (χ0v) is 25.7. The van der Waals surface area contributed by atoms with Crippen LogP contribution in [0.3, 0.4) is 0 Å². The van der Waals surface area contributed by atoms with Crippen LogP contribution < -0.4 is 9.64 Å². The van der Waals surface area contributed by atoms with Crippen molar-refractivity contribution in [3.05, 3.63) is 70.5 Å². The van der Waals surface area contributed by atoms with Crippen LogP contribution in [0.5, 0.6) is 5.75 Å². The van der Waals surface area contributed by atoms with Gasteiger partial charge >= 0.3 is 0 Å². The number of anilines is 1. The van der Waals surface area contributed by atoms with Gasteiger partial charge in [-0.05, 0) is 53.6 Å². The molecule has 2 aromatic rings. The fourth-order valence-corrected chi connectivity index (χ4v) is 5.88. The molecule has 0 spiro atoms. The van der Waals surface area contributed by atoms with Crippen molar-refractivity contribution in [2.24, 2.45) is 0 Å². The van der Waals surface area contributed by atoms with Gasteiger partial charge in [0.1, 0.15) is 0 Å². The van der Waals surface area contributed by atoms with Crippen LogP contribution in [0, 0.1) is 5.82 Å². The summed E-state index contributed by atoms with van der Waals surface area (Å²) in [7, 11) is 0. The molecule has 0 N–H and O–H groups in total. The molecule has 1 heterocycles. The lowest BCUT2D eigenvalue weighted by Crippen LogP contribution is -2.28. The highest BCUT2D eigenvalue weighted by atomic mass is 32.2. The molecule has 1 aliphatic rings. The third-order valence-corrected chi connectivity index (χ3v) is 8.42. The lowest BCUT2D eigenvalue weighted by molar-refractivity contribution is -0.116. The normalized spacial score (nSPS) is 13.0. The molecular weight excluding hydrogens is 519 g/mol. The maximum Gasteiger partial charge on any atom is 0.224 e. The Morgan fingerprint density at radius 2 is 1.60 bits per heavy atom. The average molecular weight is 569 g/mol. The molecule has 0 saturated carbocycles. The van der Waals surface area contributed by atoms with Gasteiger partial charge in [-0.25, -0.2) is 4.39 Å². The molecule has 2 aromatic carbocycles. The lowest BCUT2D eigenvalue weighted by Gasteiger charge is -2.23. The second kappa shape index (κ2) is 18.1. The number of allylic oxidation sites excluding steroid dienone is 1. The molecule has 220 valence electrons. The van der Waals surface area contributed by atoms with Crippen molar-refractivity contribution < 1.29 is 13.9 Å². The third-order valence-electron chi connectivity index (χ3n) is 7.40. The Kier molecular flexibility index (Phi) is 14.5. The molecule has 40 heavy (non-hydrogen) atoms. The molecule has 0 unspecified atom stereocenters. The van der Waals surface area contributed by atoms with Gasteiger partial charge in [0.15, 0.2) is 11.6 Å². The van der Waals surface area contributed by atoms with Crippen LogP contribution in [-0.2, 0) is 17.9 Å². The smallest absolute Gasteiger partial charge is 0.224 e. The van der Waals surface area contributed by atoms with Crippen molar-refractivity contribution in [3.63, 3.8) is 0 Å². The Morgan fingerprint density at radius 1 is 0.925 bits per heavy atom. The molecule has 4 nitrogen and oxygen atoms in total. The van der Waals surface area contributed by atoms with Gasteiger partial charge in [0, 0.05) is 25.4 Å². The molecule has 0 radical (unpaired) electrons. The topological polar surface area (TPSA) is 32.8 Å². The van der Waals surface area contributed by atoms with Gasteiger partial charge in [-0.1, -0.05) is 95.8 Å². The van der Waals surface area contributed by atoms with Gasteiger partial charge in [0.2, 0.25) is 5.91 Å². The zero-order chi connectivity index (χ0) is 28.6. The fraction of sp³-hybridized carbons (Fsp3) is 0.559. The average Bonchev–Trinajstić information content (AvgIpc) is 3.35. The minimum absolute atomic E-state index is 0.0719. The Balaban J connectivity index is 1.39. The lowest BCUT2D eigenvalue weighted by atomic mass is 10.1. The molecule has 1 aliphatic heterocycles. The number of carbonyl (C=O) groups is 1. The van der Waals surface area contributed by atoms with Crippen LogP contribution >= 0.6 is 11.8 Å². The van der Waals surface area contributed by atoms with E-state index in [1.54, 1.807) is 17.9 Å². The standard InChI is InChI=1S/C34H49FN2O2S/c1-4-5-6-7-8-9-10-11-12-13-14-15-21-39-34-20-19-31(23-33(34)35)26-37(29(3)38)32-18-16-17-30(22-32)25-36-24-28(2)40-27-36/h16-20,22-24H,4-15,21,25-27H2,1-3H3. The Labute approximate surface area is 246 Å². The predicted octanol–water partition coefficient (Wildman–Crippen LogP) is 9.83. The molecular formula is C34H49FN2O2S. The van der Waals surface area contributed by atoms with Gasteiger partial charge in [0.05, 0.1) is 19.0 Å². The summed E-state index contributed by atoms with van der Waals surface area (Å²) in [5.74, 6) is 0.786. The van der Waals surface area contributed by atoms with E-state index in [4.69, 9.17) is 4.74 Å². The third kappa shape index (κ3) is 11.6. The molecule has 0 saturated heterocycles. The van der Waals surface area contributed by atoms with Crippen molar-refractivity contribution >= 4 is 23.4 Å². The maximum atomic E-state index is 14.8. The zero-order valence-electron chi connectivity index (χ0n) is 24.9. The minimum Gasteiger partial charge on any atom is -0.491 e. The van der Waals surface area contributed by atoms with E-state index in [-0.39, 0.29) is 17.5 Å². The monoisotopic (exact) mass is 568 g/mol. The molecule has 0 aliphatic carbocycles. The van der Waals surface area contributed by atoms with Gasteiger partial charge in [-0.3, -0.25) is 4.79 Å². The molecule has 0 fully saturated rings. The summed E-state index contributed by atoms with van der Waals surface area (Å²) in [6, 6.07) is 13.1. The van der Waals surface area contributed by atoms with Crippen molar-refractivity contribution in [1.82, 2.24) is 4.90 Å². The van der Waals surface area contributed by atoms with Crippen molar-refractivity contribution in [2.45, 2.75) is 111 Å². The van der Waals surface area contributed by atoms with E-state index < -0.39 is 0 Å². The molecule has 0 bridgehead atoms. The highest BCUT2D eigenvalue weighted by molar-refractivity contribution is 8.03. The number of unbranched alkanes of at least 4 members (excludes halogenated alkanes) is 11. The summed E-state index contributed by atoms with van der Waals surface area (Å²) in [4.78, 5) is 17.8. The van der Waals surface area contributed by atoms with Gasteiger partial charge in [0.25, 0.3) is 0 Å². The predicted molar refractivity (Wildman–Crippen MR) is 168 cm³/mol. The first-order chi connectivity index (χ1) is 19.5. The molecule has 0 aromatic heterocycles. The maximum absolute atomic E-state index is 14.8. The number of carbonyl (C=O) groups excluding carboxylic acids is 1. The highest BCUT2D eigenvalue weighted by Gasteiger charge is 2.16. The van der Waals surface area contributed by atoms with E-state index in [0.29, 0.717) is 13.2 Å². The van der Waals surface area contributed by atoms with Crippen molar-refractivity contribution in [3.8, 4) is 5.75 Å². The van der Waals surface area contributed by atoms with Crippen LogP contribution in [0.2, 0.25) is 0 Å². The Morgan fingerprint density at radius 3 is 2.20 bits per heavy atom. The van der Waals surface area contributed by atoms with E-state index in [0.717, 1.165) is 42.1 Å². The quantitative estimate of drug-likeness (QED) is 0.158. The van der Waals surface area contributed by atoms with Crippen LogP contribution in [0.4, 0.5) is 10.1 Å². The molecule has 0 atom stereocenters. The van der Waals surface area contributed by atoms with Gasteiger partial charge in [-0.15, -0.1) is 11.8 Å². The summed E-state index contributed by atoms with van der Waals surface area (Å²) in [6.45, 7) is 7.57. The van der Waals surface area contributed by atoms with Crippen molar-refractivity contribution in [1.29, 1.82) is 0 Å². The summed E-state index contributed by atoms with van der Waals surface area (Å²) in [5.41, 5.74) is 2.71. The molecule has 3 rings (SSSR count). The first-order valence-corrected chi connectivity index (χ1v) is 16.3. The number of ether oxygens (including phenoxy) is 1. The second-order valence-electron chi connectivity index (χ2n) is 11.0. The van der Waals surface area contributed by atoms with Crippen LogP contribution in [0.15, 0.2) is 53.6 Å². The van der Waals surface area contributed by atoms with Crippen LogP contribution in [0.1, 0.15) is 109 Å². The number of hydrogen-bond acceptors (Lipinski definition) is 4. The summed E-state index contributed by atoms with van der Waals surface area (Å²) in [6.07, 6.45) is 17.6. The summed E-state index contributed by atoms with van der Waals surface area (Å²) in [5, 5.41) is 0. The van der Waals surface area contributed by atoms with E-state index in [2.05, 4.69) is 37.1 Å². The number of rotatable bonds is 19. The SMILES string of the molecule is CCCCCCCCCCCCCCOc1ccc(CN(C(C)=O)c2cccc(CN3C=C(C)SC3)c2)cc1F. The first kappa shape index (κ1) is 32.0. The highest BCUT2D eigenvalue weighted by Crippen LogP contribution is 2.28. The van der Waals surface area contributed by atoms with Crippen LogP contribution in [-0.4, -0.2) is 23.3 Å². The summed E-state index contributed by atoms with van der Waals surface area (Å²) < 4.78 is 20.6. The minimum atomic E-state index is -0.373. The number of benzene rings is 2. The summed E-state index contributed by atoms with van der Waals surface area (Å²) >= 11 is 1.83.